The van der Waals surface area contributed by atoms with Gasteiger partial charge in [-0.3, -0.25) is 9.58 Å². The molecule has 7 aromatic rings. The molecule has 4 heterocycles. The van der Waals surface area contributed by atoms with E-state index in [0.717, 1.165) is 52.9 Å². The first-order valence-corrected chi connectivity index (χ1v) is 21.2. The molecule has 0 bridgehead atoms. The van der Waals surface area contributed by atoms with E-state index in [9.17, 15) is 18.0 Å². The van der Waals surface area contributed by atoms with Crippen molar-refractivity contribution in [1.82, 2.24) is 29.5 Å². The van der Waals surface area contributed by atoms with Crippen LogP contribution in [0.1, 0.15) is 31.0 Å². The van der Waals surface area contributed by atoms with Gasteiger partial charge in [-0.25, -0.2) is 19.2 Å². The van der Waals surface area contributed by atoms with E-state index in [2.05, 4.69) is 31.9 Å². The zero-order chi connectivity index (χ0) is 42.5. The molecule has 1 aliphatic heterocycles. The van der Waals surface area contributed by atoms with Crippen LogP contribution in [0.3, 0.4) is 0 Å². The van der Waals surface area contributed by atoms with Crippen molar-refractivity contribution in [3.05, 3.63) is 95.3 Å². The number of likely N-dealkylation sites (N-methyl/N-ethyl adjacent to an activating group) is 1. The van der Waals surface area contributed by atoms with Gasteiger partial charge in [0.25, 0.3) is 0 Å². The van der Waals surface area contributed by atoms with E-state index < -0.39 is 36.0 Å². The van der Waals surface area contributed by atoms with E-state index in [4.69, 9.17) is 30.5 Å². The van der Waals surface area contributed by atoms with Crippen LogP contribution in [0.15, 0.2) is 73.2 Å². The predicted molar refractivity (Wildman–Crippen MR) is 225 cm³/mol. The zero-order valence-electron chi connectivity index (χ0n) is 33.3. The van der Waals surface area contributed by atoms with E-state index in [1.165, 1.54) is 42.1 Å². The van der Waals surface area contributed by atoms with Gasteiger partial charge in [-0.1, -0.05) is 35.9 Å². The van der Waals surface area contributed by atoms with Gasteiger partial charge >= 0.3 is 12.1 Å². The fourth-order valence-corrected chi connectivity index (χ4v) is 9.84. The van der Waals surface area contributed by atoms with Crippen LogP contribution in [0.2, 0.25) is 5.02 Å². The summed E-state index contributed by atoms with van der Waals surface area (Å²) < 4.78 is 81.4. The smallest absolute Gasteiger partial charge is 0.408 e. The first kappa shape index (κ1) is 41.1. The molecule has 17 heteroatoms. The quantitative estimate of drug-likeness (QED) is 0.0598. The molecule has 0 spiro atoms. The molecule has 0 N–H and O–H groups in total. The highest BCUT2D eigenvalue weighted by Crippen LogP contribution is 2.56. The van der Waals surface area contributed by atoms with Gasteiger partial charge in [0.1, 0.15) is 48.2 Å². The Balaban J connectivity index is 1.11. The molecule has 0 radical (unpaired) electrons. The minimum Gasteiger partial charge on any atom is -0.491 e. The van der Waals surface area contributed by atoms with Crippen molar-refractivity contribution in [1.29, 1.82) is 0 Å². The number of hydrogen-bond acceptors (Lipinski definition) is 11. The molecule has 1 atom stereocenters. The predicted octanol–water partition coefficient (Wildman–Crippen LogP) is 8.95. The van der Waals surface area contributed by atoms with Crippen LogP contribution >= 0.6 is 22.9 Å². The highest BCUT2D eigenvalue weighted by Gasteiger charge is 2.58. The molecule has 4 aromatic carbocycles. The summed E-state index contributed by atoms with van der Waals surface area (Å²) in [7, 11) is 2.11. The van der Waals surface area contributed by atoms with Crippen LogP contribution in [0.25, 0.3) is 41.8 Å². The number of alkyl halides is 3. The summed E-state index contributed by atoms with van der Waals surface area (Å²) in [6, 6.07) is 16.9. The number of carbonyl (C=O) groups is 1. The summed E-state index contributed by atoms with van der Waals surface area (Å²) in [6.07, 6.45) is -1.96. The van der Waals surface area contributed by atoms with Crippen molar-refractivity contribution >= 4 is 70.8 Å². The van der Waals surface area contributed by atoms with Gasteiger partial charge in [-0.05, 0) is 74.0 Å². The van der Waals surface area contributed by atoms with Gasteiger partial charge in [-0.2, -0.15) is 18.3 Å². The van der Waals surface area contributed by atoms with Gasteiger partial charge in [0.05, 0.1) is 22.7 Å². The second-order valence-electron chi connectivity index (χ2n) is 15.4. The number of halogens is 5. The largest absolute Gasteiger partial charge is 0.491 e. The molecular weight excluding hydrogens is 836 g/mol. The average Bonchev–Trinajstić information content (AvgIpc) is 3.75. The zero-order valence-corrected chi connectivity index (χ0v) is 34.9. The molecule has 318 valence electrons. The van der Waals surface area contributed by atoms with Crippen LogP contribution in [0.4, 0.5) is 17.6 Å². The van der Waals surface area contributed by atoms with Crippen molar-refractivity contribution in [2.45, 2.75) is 50.6 Å². The summed E-state index contributed by atoms with van der Waals surface area (Å²) in [4.78, 5) is 28.5. The van der Waals surface area contributed by atoms with Crippen molar-refractivity contribution in [3.8, 4) is 17.4 Å². The Morgan fingerprint density at radius 3 is 2.49 bits per heavy atom. The number of para-hydroxylation sites is 1. The highest BCUT2D eigenvalue weighted by molar-refractivity contribution is 7.26. The number of fused-ring (bicyclic) bond motifs is 8. The SMILES string of the molecule is CCOC(=O)C(Oc1ncnc2sc3c4ccc(F)cc4c4c(Cl)c(OCCN5CCN(C)CC5)ccc4c3c12)C1(c2ccccc2OCc2ccnn2CC(F)(F)F)CC1. The molecule has 1 aliphatic carbocycles. The molecule has 11 nitrogen and oxygen atoms in total. The lowest BCUT2D eigenvalue weighted by atomic mass is 9.88. The number of nitrogens with zero attached hydrogens (tertiary/aromatic N) is 6. The lowest BCUT2D eigenvalue weighted by molar-refractivity contribution is -0.153. The Hall–Kier alpha value is -5.29. The third kappa shape index (κ3) is 8.02. The Morgan fingerprint density at radius 1 is 0.934 bits per heavy atom. The van der Waals surface area contributed by atoms with Crippen molar-refractivity contribution in [2.75, 3.05) is 53.0 Å². The topological polar surface area (TPSA) is 104 Å². The first-order valence-electron chi connectivity index (χ1n) is 20.0. The highest BCUT2D eigenvalue weighted by atomic mass is 35.5. The van der Waals surface area contributed by atoms with Gasteiger partial charge in [0.2, 0.25) is 12.0 Å². The second kappa shape index (κ2) is 16.5. The molecule has 1 unspecified atom stereocenters. The number of benzene rings is 4. The Labute approximate surface area is 356 Å². The van der Waals surface area contributed by atoms with E-state index >= 15 is 4.39 Å². The number of rotatable bonds is 14. The number of piperazine rings is 1. The maximum atomic E-state index is 15.0. The fraction of sp³-hybridized carbons (Fsp3) is 0.364. The van der Waals surface area contributed by atoms with Crippen LogP contribution in [-0.4, -0.2) is 101 Å². The Kier molecular flexibility index (Phi) is 11.1. The molecule has 9 rings (SSSR count). The molecular formula is C44H41ClF4N6O5S. The minimum absolute atomic E-state index is 0.0855. The van der Waals surface area contributed by atoms with Crippen LogP contribution in [0.5, 0.6) is 17.4 Å². The van der Waals surface area contributed by atoms with Crippen LogP contribution < -0.4 is 14.2 Å². The van der Waals surface area contributed by atoms with Crippen molar-refractivity contribution in [2.24, 2.45) is 0 Å². The maximum Gasteiger partial charge on any atom is 0.408 e. The molecule has 3 aromatic heterocycles. The van der Waals surface area contributed by atoms with Crippen LogP contribution in [-0.2, 0) is 28.1 Å². The van der Waals surface area contributed by atoms with E-state index in [-0.39, 0.29) is 24.8 Å². The average molecular weight is 877 g/mol. The van der Waals surface area contributed by atoms with Gasteiger partial charge in [-0.15, -0.1) is 11.3 Å². The summed E-state index contributed by atoms with van der Waals surface area (Å²) in [5.41, 5.74) is -0.0555. The van der Waals surface area contributed by atoms with E-state index in [1.807, 2.05) is 24.3 Å². The molecule has 2 fully saturated rings. The number of carbonyl (C=O) groups excluding carboxylic acids is 1. The summed E-state index contributed by atoms with van der Waals surface area (Å²) in [6.45, 7) is 5.37. The van der Waals surface area contributed by atoms with E-state index in [1.54, 1.807) is 25.1 Å². The fourth-order valence-electron chi connectivity index (χ4n) is 8.33. The summed E-state index contributed by atoms with van der Waals surface area (Å²) >= 11 is 8.62. The summed E-state index contributed by atoms with van der Waals surface area (Å²) in [5, 5.41) is 8.09. The van der Waals surface area contributed by atoms with Crippen LogP contribution in [0, 0.1) is 5.82 Å². The van der Waals surface area contributed by atoms with Gasteiger partial charge < -0.3 is 23.8 Å². The van der Waals surface area contributed by atoms with Crippen molar-refractivity contribution in [3.63, 3.8) is 0 Å². The molecule has 0 amide bonds. The number of thiophene rings is 1. The number of aromatic nitrogens is 4. The molecule has 61 heavy (non-hydrogen) atoms. The molecule has 1 saturated carbocycles. The van der Waals surface area contributed by atoms with Gasteiger partial charge in [0, 0.05) is 70.8 Å². The summed E-state index contributed by atoms with van der Waals surface area (Å²) in [5.74, 6) is -0.0340. The third-order valence-electron chi connectivity index (χ3n) is 11.5. The second-order valence-corrected chi connectivity index (χ2v) is 16.8. The van der Waals surface area contributed by atoms with E-state index in [0.29, 0.717) is 67.9 Å². The number of ether oxygens (including phenoxy) is 4. The number of hydrogen-bond donors (Lipinski definition) is 0. The maximum absolute atomic E-state index is 15.0. The normalized spacial score (nSPS) is 16.4. The molecule has 2 aliphatic rings. The number of esters is 1. The Morgan fingerprint density at radius 2 is 1.72 bits per heavy atom. The standard InChI is InChI=1S/C44H41ClF4N6O5S/c1-3-57-42(56)39(43(13-14-43)31-6-4-5-7-32(31)59-23-27-12-15-52-55(27)24-44(47,48)49)60-40-36-35-29-10-11-33(58-21-20-54-18-16-53(2)17-19-54)37(45)34(29)30-22-26(46)8-9-28(30)38(35)61-41(36)51-25-50-40/h4-12,15,22,25,39H,3,13-14,16-21,23-24H2,1-2H3. The van der Waals surface area contributed by atoms with Crippen molar-refractivity contribution < 1.29 is 41.3 Å². The van der Waals surface area contributed by atoms with Gasteiger partial charge in [0.15, 0.2) is 0 Å². The first-order chi connectivity index (χ1) is 29.4. The lowest BCUT2D eigenvalue weighted by Gasteiger charge is -2.32. The lowest BCUT2D eigenvalue weighted by Crippen LogP contribution is -2.45. The molecule has 1 saturated heterocycles. The Bertz CT molecular complexity index is 2770. The minimum atomic E-state index is -4.47. The third-order valence-corrected chi connectivity index (χ3v) is 13.0. The monoisotopic (exact) mass is 876 g/mol.